The monoisotopic (exact) mass is 246 g/mol. The fourth-order valence-electron chi connectivity index (χ4n) is 3.51. The first-order valence-electron chi connectivity index (χ1n) is 7.39. The Hall–Kier alpha value is -0.890. The van der Waals surface area contributed by atoms with Gasteiger partial charge in [-0.2, -0.15) is 0 Å². The summed E-state index contributed by atoms with van der Waals surface area (Å²) in [6, 6.07) is 4.90. The van der Waals surface area contributed by atoms with Crippen LogP contribution in [-0.4, -0.2) is 18.1 Å². The van der Waals surface area contributed by atoms with Crippen LogP contribution >= 0.6 is 0 Å². The highest BCUT2D eigenvalue weighted by Gasteiger charge is 2.30. The Bertz CT molecular complexity index is 375. The van der Waals surface area contributed by atoms with Crippen LogP contribution in [-0.2, 0) is 6.42 Å². The summed E-state index contributed by atoms with van der Waals surface area (Å²) in [5.74, 6) is 1.32. The van der Waals surface area contributed by atoms with Crippen LogP contribution in [0.4, 0.5) is 0 Å². The second-order valence-corrected chi connectivity index (χ2v) is 5.63. The van der Waals surface area contributed by atoms with E-state index in [2.05, 4.69) is 43.3 Å². The molecule has 100 valence electrons. The van der Waals surface area contributed by atoms with Crippen LogP contribution in [0.15, 0.2) is 18.3 Å². The molecule has 18 heavy (non-hydrogen) atoms. The van der Waals surface area contributed by atoms with Crippen LogP contribution < -0.4 is 5.32 Å². The van der Waals surface area contributed by atoms with E-state index >= 15 is 0 Å². The number of rotatable bonds is 5. The summed E-state index contributed by atoms with van der Waals surface area (Å²) in [5, 5.41) is 3.56. The summed E-state index contributed by atoms with van der Waals surface area (Å²) in [6.45, 7) is 4.65. The third-order valence-electron chi connectivity index (χ3n) is 4.36. The first kappa shape index (κ1) is 13.5. The molecule has 3 atom stereocenters. The first-order chi connectivity index (χ1) is 8.77. The standard InChI is InChI=1S/C16H26N2/c1-4-7-12(2)15(17-3)14-10-5-8-13-9-6-11-18-16(13)14/h6,9,11-12,14-15,17H,4-5,7-8,10H2,1-3H3. The van der Waals surface area contributed by atoms with Gasteiger partial charge in [0, 0.05) is 23.9 Å². The Balaban J connectivity index is 2.22. The smallest absolute Gasteiger partial charge is 0.0482 e. The van der Waals surface area contributed by atoms with Crippen molar-refractivity contribution in [3.8, 4) is 0 Å². The number of fused-ring (bicyclic) bond motifs is 1. The predicted molar refractivity (Wildman–Crippen MR) is 76.8 cm³/mol. The second-order valence-electron chi connectivity index (χ2n) is 5.63. The number of hydrogen-bond donors (Lipinski definition) is 1. The molecule has 0 radical (unpaired) electrons. The van der Waals surface area contributed by atoms with Gasteiger partial charge in [0.2, 0.25) is 0 Å². The van der Waals surface area contributed by atoms with Crippen molar-refractivity contribution >= 4 is 0 Å². The van der Waals surface area contributed by atoms with E-state index < -0.39 is 0 Å². The van der Waals surface area contributed by atoms with Gasteiger partial charge in [0.25, 0.3) is 0 Å². The van der Waals surface area contributed by atoms with Gasteiger partial charge in [0.1, 0.15) is 0 Å². The number of pyridine rings is 1. The van der Waals surface area contributed by atoms with Gasteiger partial charge in [0.05, 0.1) is 0 Å². The quantitative estimate of drug-likeness (QED) is 0.859. The van der Waals surface area contributed by atoms with Crippen LogP contribution in [0.25, 0.3) is 0 Å². The topological polar surface area (TPSA) is 24.9 Å². The summed E-state index contributed by atoms with van der Waals surface area (Å²) in [4.78, 5) is 4.67. The van der Waals surface area contributed by atoms with Gasteiger partial charge in [-0.05, 0) is 50.3 Å². The summed E-state index contributed by atoms with van der Waals surface area (Å²) >= 11 is 0. The zero-order valence-electron chi connectivity index (χ0n) is 11.9. The molecule has 0 saturated heterocycles. The Kier molecular flexibility index (Phi) is 4.76. The molecule has 1 aromatic rings. The van der Waals surface area contributed by atoms with Crippen molar-refractivity contribution in [1.82, 2.24) is 10.3 Å². The van der Waals surface area contributed by atoms with Crippen molar-refractivity contribution in [2.75, 3.05) is 7.05 Å². The molecule has 1 aromatic heterocycles. The lowest BCUT2D eigenvalue weighted by Crippen LogP contribution is -2.39. The third kappa shape index (κ3) is 2.74. The minimum absolute atomic E-state index is 0.568. The minimum atomic E-state index is 0.568. The summed E-state index contributed by atoms with van der Waals surface area (Å²) in [6.07, 6.45) is 8.31. The van der Waals surface area contributed by atoms with Crippen molar-refractivity contribution < 1.29 is 0 Å². The molecule has 0 saturated carbocycles. The van der Waals surface area contributed by atoms with Gasteiger partial charge in [-0.3, -0.25) is 4.98 Å². The lowest BCUT2D eigenvalue weighted by Gasteiger charge is -2.35. The van der Waals surface area contributed by atoms with Gasteiger partial charge in [-0.1, -0.05) is 26.3 Å². The number of nitrogens with one attached hydrogen (secondary N) is 1. The van der Waals surface area contributed by atoms with Crippen molar-refractivity contribution in [3.63, 3.8) is 0 Å². The van der Waals surface area contributed by atoms with Crippen LogP contribution in [0.5, 0.6) is 0 Å². The van der Waals surface area contributed by atoms with Crippen molar-refractivity contribution in [1.29, 1.82) is 0 Å². The zero-order chi connectivity index (χ0) is 13.0. The highest BCUT2D eigenvalue weighted by molar-refractivity contribution is 5.27. The highest BCUT2D eigenvalue weighted by Crippen LogP contribution is 2.35. The molecular formula is C16H26N2. The maximum absolute atomic E-state index is 4.67. The molecule has 2 rings (SSSR count). The first-order valence-corrected chi connectivity index (χ1v) is 7.39. The highest BCUT2D eigenvalue weighted by atomic mass is 14.9. The van der Waals surface area contributed by atoms with Crippen molar-refractivity contribution in [3.05, 3.63) is 29.6 Å². The molecule has 1 aliphatic rings. The lowest BCUT2D eigenvalue weighted by molar-refractivity contribution is 0.298. The second kappa shape index (κ2) is 6.33. The number of nitrogens with zero attached hydrogens (tertiary/aromatic N) is 1. The molecule has 2 nitrogen and oxygen atoms in total. The van der Waals surface area contributed by atoms with E-state index in [4.69, 9.17) is 0 Å². The molecule has 0 aromatic carbocycles. The maximum atomic E-state index is 4.67. The third-order valence-corrected chi connectivity index (χ3v) is 4.36. The van der Waals surface area contributed by atoms with Gasteiger partial charge in [-0.25, -0.2) is 0 Å². The molecule has 2 heteroatoms. The zero-order valence-corrected chi connectivity index (χ0v) is 11.9. The van der Waals surface area contributed by atoms with E-state index in [-0.39, 0.29) is 0 Å². The summed E-state index contributed by atoms with van der Waals surface area (Å²) < 4.78 is 0. The van der Waals surface area contributed by atoms with Crippen LogP contribution in [0.1, 0.15) is 56.7 Å². The molecule has 3 unspecified atom stereocenters. The van der Waals surface area contributed by atoms with Gasteiger partial charge >= 0.3 is 0 Å². The van der Waals surface area contributed by atoms with Crippen molar-refractivity contribution in [2.24, 2.45) is 5.92 Å². The van der Waals surface area contributed by atoms with Crippen LogP contribution in [0.3, 0.4) is 0 Å². The Morgan fingerprint density at radius 2 is 2.33 bits per heavy atom. The Morgan fingerprint density at radius 1 is 1.50 bits per heavy atom. The van der Waals surface area contributed by atoms with E-state index in [0.29, 0.717) is 12.0 Å². The maximum Gasteiger partial charge on any atom is 0.0482 e. The molecule has 0 fully saturated rings. The summed E-state index contributed by atoms with van der Waals surface area (Å²) in [7, 11) is 2.11. The Morgan fingerprint density at radius 3 is 3.06 bits per heavy atom. The van der Waals surface area contributed by atoms with E-state index in [1.165, 1.54) is 43.4 Å². The molecular weight excluding hydrogens is 220 g/mol. The molecule has 1 N–H and O–H groups in total. The molecule has 0 bridgehead atoms. The van der Waals surface area contributed by atoms with Crippen molar-refractivity contribution in [2.45, 2.75) is 57.9 Å². The van der Waals surface area contributed by atoms with Gasteiger partial charge in [-0.15, -0.1) is 0 Å². The molecule has 1 aliphatic carbocycles. The number of aromatic nitrogens is 1. The molecule has 0 amide bonds. The van der Waals surface area contributed by atoms with Gasteiger partial charge < -0.3 is 5.32 Å². The van der Waals surface area contributed by atoms with E-state index in [9.17, 15) is 0 Å². The average Bonchev–Trinajstić information content (AvgIpc) is 2.40. The molecule has 0 aliphatic heterocycles. The van der Waals surface area contributed by atoms with Gasteiger partial charge in [0.15, 0.2) is 0 Å². The lowest BCUT2D eigenvalue weighted by atomic mass is 9.77. The number of hydrogen-bond acceptors (Lipinski definition) is 2. The van der Waals surface area contributed by atoms with Crippen LogP contribution in [0.2, 0.25) is 0 Å². The number of likely N-dealkylation sites (N-methyl/N-ethyl adjacent to an activating group) is 1. The molecule has 1 heterocycles. The SMILES string of the molecule is CCCC(C)C(NC)C1CCCc2cccnc21. The van der Waals surface area contributed by atoms with Crippen LogP contribution in [0, 0.1) is 5.92 Å². The predicted octanol–water partition coefficient (Wildman–Crippen LogP) is 3.53. The normalized spacial score (nSPS) is 22.3. The largest absolute Gasteiger partial charge is 0.316 e. The average molecular weight is 246 g/mol. The Labute approximate surface area is 111 Å². The number of aryl methyl sites for hydroxylation is 1. The minimum Gasteiger partial charge on any atom is -0.316 e. The summed E-state index contributed by atoms with van der Waals surface area (Å²) in [5.41, 5.74) is 2.82. The van der Waals surface area contributed by atoms with E-state index in [1.54, 1.807) is 0 Å². The van der Waals surface area contributed by atoms with E-state index in [1.807, 2.05) is 6.20 Å². The fraction of sp³-hybridized carbons (Fsp3) is 0.688. The van der Waals surface area contributed by atoms with E-state index in [0.717, 1.165) is 5.92 Å². The fourth-order valence-corrected chi connectivity index (χ4v) is 3.51. The molecule has 0 spiro atoms.